The number of carbonyl (C=O) groups excluding carboxylic acids is 2. The molecule has 0 spiro atoms. The molecular weight excluding hydrogens is 374 g/mol. The fraction of sp³-hybridized carbons (Fsp3) is 0.529. The normalized spacial score (nSPS) is 19.9. The molecule has 3 rings (SSSR count). The van der Waals surface area contributed by atoms with Crippen LogP contribution in [0.25, 0.3) is 0 Å². The van der Waals surface area contributed by atoms with Crippen LogP contribution in [0.5, 0.6) is 11.5 Å². The van der Waals surface area contributed by atoms with Crippen molar-refractivity contribution in [2.75, 3.05) is 50.8 Å². The van der Waals surface area contributed by atoms with E-state index in [4.69, 9.17) is 9.47 Å². The molecule has 1 aromatic rings. The van der Waals surface area contributed by atoms with E-state index < -0.39 is 27.7 Å². The minimum absolute atomic E-state index is 0.0349. The largest absolute Gasteiger partial charge is 0.454 e. The highest BCUT2D eigenvalue weighted by atomic mass is 32.2. The van der Waals surface area contributed by atoms with Crippen molar-refractivity contribution in [3.8, 4) is 11.5 Å². The second-order valence-electron chi connectivity index (χ2n) is 6.88. The zero-order chi connectivity index (χ0) is 19.6. The third kappa shape index (κ3) is 4.69. The van der Waals surface area contributed by atoms with Crippen molar-refractivity contribution in [2.45, 2.75) is 12.5 Å². The van der Waals surface area contributed by atoms with Crippen LogP contribution < -0.4 is 14.8 Å². The fourth-order valence-electron chi connectivity index (χ4n) is 3.07. The average molecular weight is 397 g/mol. The van der Waals surface area contributed by atoms with Crippen molar-refractivity contribution >= 4 is 27.3 Å². The number of likely N-dealkylation sites (N-methyl/N-ethyl adjacent to an activating group) is 1. The molecule has 1 atom stereocenters. The lowest BCUT2D eigenvalue weighted by Gasteiger charge is -2.28. The smallest absolute Gasteiger partial charge is 0.313 e. The van der Waals surface area contributed by atoms with Gasteiger partial charge in [0.05, 0.1) is 11.5 Å². The topological polar surface area (TPSA) is 105 Å². The van der Waals surface area contributed by atoms with Crippen molar-refractivity contribution < 1.29 is 27.5 Å². The van der Waals surface area contributed by atoms with E-state index in [0.29, 0.717) is 30.2 Å². The molecule has 148 valence electrons. The molecule has 2 heterocycles. The van der Waals surface area contributed by atoms with Gasteiger partial charge >= 0.3 is 11.8 Å². The lowest BCUT2D eigenvalue weighted by atomic mass is 10.2. The minimum Gasteiger partial charge on any atom is -0.454 e. The van der Waals surface area contributed by atoms with E-state index in [0.717, 1.165) is 0 Å². The molecule has 0 saturated carbocycles. The van der Waals surface area contributed by atoms with Crippen molar-refractivity contribution in [3.05, 3.63) is 18.2 Å². The van der Waals surface area contributed by atoms with Crippen LogP contribution in [0.3, 0.4) is 0 Å². The summed E-state index contributed by atoms with van der Waals surface area (Å²) in [5.74, 6) is -0.556. The standard InChI is InChI=1S/C17H23N3O6S/c1-19(2)6-7-20(13-5-8-27(23,24)10-13)17(22)16(21)18-12-3-4-14-15(9-12)26-11-25-14/h3-4,9,13H,5-8,10-11H2,1-2H3,(H,18,21). The highest BCUT2D eigenvalue weighted by Gasteiger charge is 2.36. The maximum absolute atomic E-state index is 12.7. The third-order valence-corrected chi connectivity index (χ3v) is 6.27. The Kier molecular flexibility index (Phi) is 5.56. The van der Waals surface area contributed by atoms with Gasteiger partial charge in [0.1, 0.15) is 0 Å². The summed E-state index contributed by atoms with van der Waals surface area (Å²) in [6.07, 6.45) is 0.346. The summed E-state index contributed by atoms with van der Waals surface area (Å²) in [6.45, 7) is 0.917. The number of nitrogens with one attached hydrogen (secondary N) is 1. The van der Waals surface area contributed by atoms with Crippen molar-refractivity contribution in [1.82, 2.24) is 9.80 Å². The van der Waals surface area contributed by atoms with Gasteiger partial charge in [-0.25, -0.2) is 8.42 Å². The Balaban J connectivity index is 1.71. The Morgan fingerprint density at radius 1 is 1.19 bits per heavy atom. The summed E-state index contributed by atoms with van der Waals surface area (Å²) >= 11 is 0. The van der Waals surface area contributed by atoms with Gasteiger partial charge in [-0.15, -0.1) is 0 Å². The van der Waals surface area contributed by atoms with Crippen LogP contribution in [-0.4, -0.2) is 81.6 Å². The van der Waals surface area contributed by atoms with Gasteiger partial charge in [0, 0.05) is 30.9 Å². The zero-order valence-electron chi connectivity index (χ0n) is 15.3. The minimum atomic E-state index is -3.17. The van der Waals surface area contributed by atoms with Gasteiger partial charge in [0.25, 0.3) is 0 Å². The number of ether oxygens (including phenoxy) is 2. The van der Waals surface area contributed by atoms with E-state index in [1.807, 2.05) is 19.0 Å². The summed E-state index contributed by atoms with van der Waals surface area (Å²) in [5.41, 5.74) is 0.407. The molecule has 0 radical (unpaired) electrons. The molecule has 0 aromatic heterocycles. The van der Waals surface area contributed by atoms with Crippen LogP contribution in [0.15, 0.2) is 18.2 Å². The fourth-order valence-corrected chi connectivity index (χ4v) is 4.80. The number of rotatable bonds is 5. The Hall–Kier alpha value is -2.33. The van der Waals surface area contributed by atoms with E-state index in [-0.39, 0.29) is 24.8 Å². The molecule has 27 heavy (non-hydrogen) atoms. The second-order valence-corrected chi connectivity index (χ2v) is 9.11. The Morgan fingerprint density at radius 2 is 1.93 bits per heavy atom. The van der Waals surface area contributed by atoms with E-state index in [1.165, 1.54) is 4.90 Å². The highest BCUT2D eigenvalue weighted by Crippen LogP contribution is 2.34. The number of benzene rings is 1. The molecule has 9 nitrogen and oxygen atoms in total. The summed E-state index contributed by atoms with van der Waals surface area (Å²) in [7, 11) is 0.522. The molecule has 0 bridgehead atoms. The highest BCUT2D eigenvalue weighted by molar-refractivity contribution is 7.91. The van der Waals surface area contributed by atoms with Gasteiger partial charge in [0.15, 0.2) is 21.3 Å². The molecule has 1 aromatic carbocycles. The lowest BCUT2D eigenvalue weighted by Crippen LogP contribution is -2.48. The summed E-state index contributed by atoms with van der Waals surface area (Å²) < 4.78 is 34.1. The molecule has 1 fully saturated rings. The molecule has 2 aliphatic heterocycles. The first-order valence-corrected chi connectivity index (χ1v) is 10.4. The number of amides is 2. The van der Waals surface area contributed by atoms with Gasteiger partial charge in [-0.05, 0) is 32.6 Å². The molecule has 1 saturated heterocycles. The third-order valence-electron chi connectivity index (χ3n) is 4.52. The Morgan fingerprint density at radius 3 is 2.59 bits per heavy atom. The van der Waals surface area contributed by atoms with Crippen LogP contribution >= 0.6 is 0 Å². The van der Waals surface area contributed by atoms with Gasteiger partial charge in [-0.3, -0.25) is 9.59 Å². The van der Waals surface area contributed by atoms with Gasteiger partial charge in [-0.2, -0.15) is 0 Å². The Labute approximate surface area is 158 Å². The van der Waals surface area contributed by atoms with Gasteiger partial charge < -0.3 is 24.6 Å². The molecule has 1 N–H and O–H groups in total. The molecule has 0 aliphatic carbocycles. The predicted molar refractivity (Wildman–Crippen MR) is 98.5 cm³/mol. The number of anilines is 1. The van der Waals surface area contributed by atoms with Crippen LogP contribution in [0.4, 0.5) is 5.69 Å². The number of carbonyl (C=O) groups is 2. The lowest BCUT2D eigenvalue weighted by molar-refractivity contribution is -0.144. The number of hydrogen-bond donors (Lipinski definition) is 1. The monoisotopic (exact) mass is 397 g/mol. The van der Waals surface area contributed by atoms with Crippen LogP contribution in [-0.2, 0) is 19.4 Å². The quantitative estimate of drug-likeness (QED) is 0.694. The zero-order valence-corrected chi connectivity index (χ0v) is 16.1. The van der Waals surface area contributed by atoms with Crippen LogP contribution in [0.1, 0.15) is 6.42 Å². The molecule has 10 heteroatoms. The van der Waals surface area contributed by atoms with Crippen molar-refractivity contribution in [1.29, 1.82) is 0 Å². The number of nitrogens with zero attached hydrogens (tertiary/aromatic N) is 2. The molecule has 2 aliphatic rings. The van der Waals surface area contributed by atoms with E-state index in [1.54, 1.807) is 18.2 Å². The average Bonchev–Trinajstić information content (AvgIpc) is 3.20. The first kappa shape index (κ1) is 19.4. The van der Waals surface area contributed by atoms with E-state index >= 15 is 0 Å². The first-order chi connectivity index (χ1) is 12.7. The van der Waals surface area contributed by atoms with Crippen LogP contribution in [0, 0.1) is 0 Å². The summed E-state index contributed by atoms with van der Waals surface area (Å²) in [6, 6.07) is 4.36. The number of hydrogen-bond acceptors (Lipinski definition) is 7. The Bertz CT molecular complexity index is 839. The summed E-state index contributed by atoms with van der Waals surface area (Å²) in [5, 5.41) is 2.55. The maximum atomic E-state index is 12.7. The van der Waals surface area contributed by atoms with Gasteiger partial charge in [0.2, 0.25) is 6.79 Å². The second kappa shape index (κ2) is 7.73. The first-order valence-electron chi connectivity index (χ1n) is 8.62. The van der Waals surface area contributed by atoms with Crippen molar-refractivity contribution in [3.63, 3.8) is 0 Å². The van der Waals surface area contributed by atoms with E-state index in [9.17, 15) is 18.0 Å². The van der Waals surface area contributed by atoms with E-state index in [2.05, 4.69) is 5.32 Å². The molecule has 1 unspecified atom stereocenters. The molecular formula is C17H23N3O6S. The number of fused-ring (bicyclic) bond motifs is 1. The predicted octanol–water partition coefficient (Wildman–Crippen LogP) is -0.0689. The summed E-state index contributed by atoms with van der Waals surface area (Å²) in [4.78, 5) is 28.5. The van der Waals surface area contributed by atoms with Gasteiger partial charge in [-0.1, -0.05) is 0 Å². The maximum Gasteiger partial charge on any atom is 0.313 e. The van der Waals surface area contributed by atoms with Crippen molar-refractivity contribution in [2.24, 2.45) is 0 Å². The number of sulfone groups is 1. The SMILES string of the molecule is CN(C)CCN(C(=O)C(=O)Nc1ccc2c(c1)OCO2)C1CCS(=O)(=O)C1. The van der Waals surface area contributed by atoms with Crippen LogP contribution in [0.2, 0.25) is 0 Å². The molecule has 2 amide bonds.